The third kappa shape index (κ3) is 3.92. The number of likely N-dealkylation sites (tertiary alicyclic amines) is 1. The number of amides is 1. The van der Waals surface area contributed by atoms with Crippen molar-refractivity contribution < 1.29 is 9.18 Å². The molecule has 6 nitrogen and oxygen atoms in total. The van der Waals surface area contributed by atoms with Crippen LogP contribution in [0.5, 0.6) is 0 Å². The standard InChI is InChI=1S/C23H25FN4O2/c1-15-7-8-18(13-16(15)2)22(29)27-11-9-17(10-12-27)14-21-25-26-23(30)28(21)20-6-4-3-5-19(20)24/h3-8,13,17H,9-12,14H2,1-2H3,(H,26,30). The lowest BCUT2D eigenvalue weighted by atomic mass is 9.92. The molecule has 1 aromatic heterocycles. The molecule has 2 heterocycles. The summed E-state index contributed by atoms with van der Waals surface area (Å²) in [6, 6.07) is 12.0. The van der Waals surface area contributed by atoms with Crippen LogP contribution in [0.15, 0.2) is 47.3 Å². The second kappa shape index (κ2) is 8.26. The second-order valence-corrected chi connectivity index (χ2v) is 7.97. The highest BCUT2D eigenvalue weighted by Gasteiger charge is 2.26. The number of carbonyl (C=O) groups excluding carboxylic acids is 1. The largest absolute Gasteiger partial charge is 0.348 e. The Hall–Kier alpha value is -3.22. The number of carbonyl (C=O) groups is 1. The zero-order valence-corrected chi connectivity index (χ0v) is 17.2. The maximum Gasteiger partial charge on any atom is 0.348 e. The van der Waals surface area contributed by atoms with Gasteiger partial charge in [0.1, 0.15) is 11.6 Å². The number of halogens is 1. The molecule has 7 heteroatoms. The molecule has 0 bridgehead atoms. The monoisotopic (exact) mass is 408 g/mol. The van der Waals surface area contributed by atoms with Gasteiger partial charge in [0.05, 0.1) is 5.69 Å². The van der Waals surface area contributed by atoms with Crippen LogP contribution in [-0.2, 0) is 6.42 Å². The van der Waals surface area contributed by atoms with Gasteiger partial charge in [0, 0.05) is 25.1 Å². The minimum atomic E-state index is -0.462. The van der Waals surface area contributed by atoms with Crippen LogP contribution in [0.3, 0.4) is 0 Å². The van der Waals surface area contributed by atoms with Crippen LogP contribution in [0, 0.1) is 25.6 Å². The van der Waals surface area contributed by atoms with Crippen LogP contribution in [0.25, 0.3) is 5.69 Å². The highest BCUT2D eigenvalue weighted by molar-refractivity contribution is 5.94. The molecule has 1 amide bonds. The molecule has 2 aromatic carbocycles. The van der Waals surface area contributed by atoms with Crippen molar-refractivity contribution in [3.63, 3.8) is 0 Å². The summed E-state index contributed by atoms with van der Waals surface area (Å²) in [5.41, 5.74) is 2.76. The molecule has 0 saturated carbocycles. The predicted octanol–water partition coefficient (Wildman–Crippen LogP) is 3.41. The number of rotatable bonds is 4. The molecule has 0 radical (unpaired) electrons. The number of piperidine rings is 1. The molecule has 1 aliphatic heterocycles. The Morgan fingerprint density at radius 2 is 1.87 bits per heavy atom. The average molecular weight is 408 g/mol. The van der Waals surface area contributed by atoms with E-state index < -0.39 is 11.5 Å². The highest BCUT2D eigenvalue weighted by Crippen LogP contribution is 2.24. The van der Waals surface area contributed by atoms with Gasteiger partial charge >= 0.3 is 5.69 Å². The Balaban J connectivity index is 1.44. The van der Waals surface area contributed by atoms with Gasteiger partial charge in [-0.2, -0.15) is 5.10 Å². The Kier molecular flexibility index (Phi) is 5.53. The topological polar surface area (TPSA) is 71.0 Å². The molecular formula is C23H25FN4O2. The van der Waals surface area contributed by atoms with Crippen LogP contribution in [-0.4, -0.2) is 38.7 Å². The van der Waals surface area contributed by atoms with Gasteiger partial charge in [-0.25, -0.2) is 18.9 Å². The Morgan fingerprint density at radius 1 is 1.13 bits per heavy atom. The van der Waals surface area contributed by atoms with Crippen molar-refractivity contribution in [3.8, 4) is 5.69 Å². The molecular weight excluding hydrogens is 383 g/mol. The number of benzene rings is 2. The van der Waals surface area contributed by atoms with Gasteiger partial charge in [-0.1, -0.05) is 18.2 Å². The van der Waals surface area contributed by atoms with Crippen molar-refractivity contribution >= 4 is 5.91 Å². The first kappa shape index (κ1) is 20.1. The first-order chi connectivity index (χ1) is 14.4. The quantitative estimate of drug-likeness (QED) is 0.719. The van der Waals surface area contributed by atoms with Crippen molar-refractivity contribution in [3.05, 3.63) is 81.3 Å². The van der Waals surface area contributed by atoms with E-state index in [-0.39, 0.29) is 17.5 Å². The van der Waals surface area contributed by atoms with Crippen LogP contribution >= 0.6 is 0 Å². The zero-order chi connectivity index (χ0) is 21.3. The van der Waals surface area contributed by atoms with Crippen LogP contribution in [0.2, 0.25) is 0 Å². The molecule has 1 saturated heterocycles. The smallest absolute Gasteiger partial charge is 0.339 e. The first-order valence-electron chi connectivity index (χ1n) is 10.2. The van der Waals surface area contributed by atoms with E-state index in [4.69, 9.17) is 0 Å². The molecule has 156 valence electrons. The van der Waals surface area contributed by atoms with Gasteiger partial charge in [0.15, 0.2) is 0 Å². The van der Waals surface area contributed by atoms with Crippen LogP contribution in [0.1, 0.15) is 40.2 Å². The Morgan fingerprint density at radius 3 is 2.57 bits per heavy atom. The van der Waals surface area contributed by atoms with E-state index in [1.807, 2.05) is 36.9 Å². The van der Waals surface area contributed by atoms with E-state index in [0.29, 0.717) is 25.3 Å². The second-order valence-electron chi connectivity index (χ2n) is 7.97. The molecule has 4 rings (SSSR count). The normalized spacial score (nSPS) is 14.8. The number of hydrogen-bond donors (Lipinski definition) is 1. The lowest BCUT2D eigenvalue weighted by molar-refractivity contribution is 0.0689. The molecule has 0 aliphatic carbocycles. The number of nitrogens with one attached hydrogen (secondary N) is 1. The van der Waals surface area contributed by atoms with Crippen LogP contribution in [0.4, 0.5) is 4.39 Å². The van der Waals surface area contributed by atoms with Crippen molar-refractivity contribution in [2.45, 2.75) is 33.1 Å². The van der Waals surface area contributed by atoms with Crippen molar-refractivity contribution in [1.82, 2.24) is 19.7 Å². The molecule has 0 atom stereocenters. The minimum absolute atomic E-state index is 0.0552. The summed E-state index contributed by atoms with van der Waals surface area (Å²) in [6.07, 6.45) is 2.18. The van der Waals surface area contributed by atoms with Gasteiger partial charge in [-0.05, 0) is 68.0 Å². The first-order valence-corrected chi connectivity index (χ1v) is 10.2. The average Bonchev–Trinajstić information content (AvgIpc) is 3.10. The summed E-state index contributed by atoms with van der Waals surface area (Å²) >= 11 is 0. The van der Waals surface area contributed by atoms with Crippen molar-refractivity contribution in [2.24, 2.45) is 5.92 Å². The summed E-state index contributed by atoms with van der Waals surface area (Å²) in [5, 5.41) is 6.56. The summed E-state index contributed by atoms with van der Waals surface area (Å²) in [5.74, 6) is 0.384. The summed E-state index contributed by atoms with van der Waals surface area (Å²) in [6.45, 7) is 5.36. The SMILES string of the molecule is Cc1ccc(C(=O)N2CCC(Cc3n[nH]c(=O)n3-c3ccccc3F)CC2)cc1C. The number of nitrogens with zero attached hydrogens (tertiary/aromatic N) is 3. The van der Waals surface area contributed by atoms with E-state index in [1.54, 1.807) is 18.2 Å². The number of H-pyrrole nitrogens is 1. The number of hydrogen-bond acceptors (Lipinski definition) is 3. The molecule has 1 fully saturated rings. The molecule has 1 N–H and O–H groups in total. The molecule has 30 heavy (non-hydrogen) atoms. The lowest BCUT2D eigenvalue weighted by Gasteiger charge is -2.32. The zero-order valence-electron chi connectivity index (χ0n) is 17.2. The Labute approximate surface area is 174 Å². The fourth-order valence-electron chi connectivity index (χ4n) is 4.00. The molecule has 0 spiro atoms. The fraction of sp³-hybridized carbons (Fsp3) is 0.348. The van der Waals surface area contributed by atoms with Crippen molar-refractivity contribution in [2.75, 3.05) is 13.1 Å². The fourth-order valence-corrected chi connectivity index (χ4v) is 4.00. The number of aromatic nitrogens is 3. The highest BCUT2D eigenvalue weighted by atomic mass is 19.1. The maximum atomic E-state index is 14.2. The molecule has 1 aliphatic rings. The molecule has 0 unspecified atom stereocenters. The summed E-state index contributed by atoms with van der Waals surface area (Å²) in [4.78, 5) is 26.9. The number of aromatic amines is 1. The lowest BCUT2D eigenvalue weighted by Crippen LogP contribution is -2.39. The third-order valence-electron chi connectivity index (χ3n) is 5.96. The maximum absolute atomic E-state index is 14.2. The van der Waals surface area contributed by atoms with Crippen LogP contribution < -0.4 is 5.69 Å². The van der Waals surface area contributed by atoms with E-state index in [1.165, 1.54) is 16.2 Å². The summed E-state index contributed by atoms with van der Waals surface area (Å²) < 4.78 is 15.5. The van der Waals surface area contributed by atoms with Gasteiger partial charge in [-0.15, -0.1) is 0 Å². The predicted molar refractivity (Wildman–Crippen MR) is 112 cm³/mol. The van der Waals surface area contributed by atoms with E-state index >= 15 is 0 Å². The summed E-state index contributed by atoms with van der Waals surface area (Å²) in [7, 11) is 0. The van der Waals surface area contributed by atoms with Gasteiger partial charge in [-0.3, -0.25) is 4.79 Å². The number of aryl methyl sites for hydroxylation is 2. The molecule has 3 aromatic rings. The van der Waals surface area contributed by atoms with E-state index in [0.717, 1.165) is 24.0 Å². The van der Waals surface area contributed by atoms with E-state index in [2.05, 4.69) is 10.2 Å². The van der Waals surface area contributed by atoms with Crippen molar-refractivity contribution in [1.29, 1.82) is 0 Å². The number of para-hydroxylation sites is 1. The van der Waals surface area contributed by atoms with Gasteiger partial charge < -0.3 is 4.90 Å². The minimum Gasteiger partial charge on any atom is -0.339 e. The third-order valence-corrected chi connectivity index (χ3v) is 5.96. The van der Waals surface area contributed by atoms with Gasteiger partial charge in [0.2, 0.25) is 0 Å². The Bertz CT molecular complexity index is 1130. The van der Waals surface area contributed by atoms with E-state index in [9.17, 15) is 14.0 Å². The van der Waals surface area contributed by atoms with Gasteiger partial charge in [0.25, 0.3) is 5.91 Å².